The second-order valence-corrected chi connectivity index (χ2v) is 4.32. The van der Waals surface area contributed by atoms with E-state index in [1.165, 1.54) is 0 Å². The van der Waals surface area contributed by atoms with Crippen LogP contribution in [0.15, 0.2) is 24.4 Å². The molecule has 0 saturated carbocycles. The third-order valence-electron chi connectivity index (χ3n) is 2.83. The molecule has 20 heavy (non-hydrogen) atoms. The van der Waals surface area contributed by atoms with E-state index in [0.717, 1.165) is 12.1 Å². The van der Waals surface area contributed by atoms with Crippen molar-refractivity contribution in [2.24, 2.45) is 0 Å². The summed E-state index contributed by atoms with van der Waals surface area (Å²) < 4.78 is 0. The van der Waals surface area contributed by atoms with Gasteiger partial charge in [-0.1, -0.05) is 11.3 Å². The van der Waals surface area contributed by atoms with Gasteiger partial charge >= 0.3 is 0 Å². The molecule has 0 aromatic carbocycles. The molecule has 0 spiro atoms. The molecule has 0 bridgehead atoms. The molecule has 0 radical (unpaired) electrons. The molecule has 0 aliphatic rings. The number of hydrogen-bond acceptors (Lipinski definition) is 5. The number of H-pyrrole nitrogens is 1. The van der Waals surface area contributed by atoms with E-state index in [1.807, 2.05) is 18.2 Å². The normalized spacial score (nSPS) is 10.4. The van der Waals surface area contributed by atoms with Gasteiger partial charge in [0, 0.05) is 12.8 Å². The number of amides is 1. The fraction of sp³-hybridized carbons (Fsp3) is 0.385. The first kappa shape index (κ1) is 14.1. The van der Waals surface area contributed by atoms with E-state index in [2.05, 4.69) is 25.7 Å². The molecule has 3 N–H and O–H groups in total. The summed E-state index contributed by atoms with van der Waals surface area (Å²) in [5.41, 5.74) is 1.78. The summed E-state index contributed by atoms with van der Waals surface area (Å²) in [5, 5.41) is 21.7. The van der Waals surface area contributed by atoms with Crippen molar-refractivity contribution in [3.05, 3.63) is 41.5 Å². The van der Waals surface area contributed by atoms with Crippen molar-refractivity contribution in [3.63, 3.8) is 0 Å². The van der Waals surface area contributed by atoms with Crippen LogP contribution in [0.25, 0.3) is 0 Å². The highest BCUT2D eigenvalue weighted by atomic mass is 16.2. The molecule has 0 aliphatic heterocycles. The van der Waals surface area contributed by atoms with Crippen LogP contribution >= 0.6 is 0 Å². The maximum atomic E-state index is 12.0. The molecular formula is C13H17N5O2. The van der Waals surface area contributed by atoms with Crippen molar-refractivity contribution in [3.8, 4) is 0 Å². The smallest absolute Gasteiger partial charge is 0.274 e. The zero-order valence-corrected chi connectivity index (χ0v) is 11.0. The third kappa shape index (κ3) is 3.86. The Morgan fingerprint density at radius 1 is 1.35 bits per heavy atom. The maximum absolute atomic E-state index is 12.0. The number of aromatic nitrogens is 4. The molecule has 0 saturated heterocycles. The van der Waals surface area contributed by atoms with E-state index in [-0.39, 0.29) is 12.5 Å². The zero-order valence-electron chi connectivity index (χ0n) is 11.0. The average Bonchev–Trinajstić information content (AvgIpc) is 2.95. The Hall–Kier alpha value is -2.28. The molecule has 7 heteroatoms. The van der Waals surface area contributed by atoms with Crippen LogP contribution in [0.3, 0.4) is 0 Å². The maximum Gasteiger partial charge on any atom is 0.274 e. The van der Waals surface area contributed by atoms with E-state index in [0.29, 0.717) is 30.8 Å². The first-order valence-corrected chi connectivity index (χ1v) is 6.50. The summed E-state index contributed by atoms with van der Waals surface area (Å²) >= 11 is 0. The van der Waals surface area contributed by atoms with E-state index in [9.17, 15) is 4.79 Å². The lowest BCUT2D eigenvalue weighted by atomic mass is 10.1. The summed E-state index contributed by atoms with van der Waals surface area (Å²) in [6.45, 7) is 0.491. The predicted octanol–water partition coefficient (Wildman–Crippen LogP) is 0.445. The minimum Gasteiger partial charge on any atom is -0.396 e. The number of pyridine rings is 1. The van der Waals surface area contributed by atoms with Crippen molar-refractivity contribution in [2.75, 3.05) is 6.61 Å². The van der Waals surface area contributed by atoms with Crippen LogP contribution in [0.5, 0.6) is 0 Å². The number of aryl methyl sites for hydroxylation is 1. The highest BCUT2D eigenvalue weighted by Gasteiger charge is 2.15. The number of carbonyl (C=O) groups excluding carboxylic acids is 1. The molecule has 1 amide bonds. The molecule has 2 aromatic rings. The van der Waals surface area contributed by atoms with Gasteiger partial charge in [-0.3, -0.25) is 14.9 Å². The van der Waals surface area contributed by atoms with Crippen LogP contribution < -0.4 is 5.32 Å². The molecule has 2 aromatic heterocycles. The molecule has 0 fully saturated rings. The Morgan fingerprint density at radius 2 is 2.25 bits per heavy atom. The fourth-order valence-electron chi connectivity index (χ4n) is 1.78. The lowest BCUT2D eigenvalue weighted by Crippen LogP contribution is -2.24. The van der Waals surface area contributed by atoms with Gasteiger partial charge < -0.3 is 10.4 Å². The average molecular weight is 275 g/mol. The molecule has 7 nitrogen and oxygen atoms in total. The van der Waals surface area contributed by atoms with Crippen LogP contribution in [0.1, 0.15) is 34.7 Å². The Balaban J connectivity index is 1.90. The molecule has 2 heterocycles. The SMILES string of the molecule is O=C(NCc1ccccn1)c1nn[nH]c1CCCCO. The topological polar surface area (TPSA) is 104 Å². The van der Waals surface area contributed by atoms with Gasteiger partial charge in [-0.15, -0.1) is 5.10 Å². The number of aliphatic hydroxyl groups excluding tert-OH is 1. The van der Waals surface area contributed by atoms with E-state index in [1.54, 1.807) is 6.20 Å². The molecular weight excluding hydrogens is 258 g/mol. The largest absolute Gasteiger partial charge is 0.396 e. The fourth-order valence-corrected chi connectivity index (χ4v) is 1.78. The molecule has 0 aliphatic carbocycles. The molecule has 0 atom stereocenters. The van der Waals surface area contributed by atoms with Crippen molar-refractivity contribution in [1.29, 1.82) is 0 Å². The number of nitrogens with one attached hydrogen (secondary N) is 2. The van der Waals surface area contributed by atoms with Crippen LogP contribution in [0, 0.1) is 0 Å². The quantitative estimate of drug-likeness (QED) is 0.636. The van der Waals surface area contributed by atoms with Crippen LogP contribution in [0.4, 0.5) is 0 Å². The van der Waals surface area contributed by atoms with Gasteiger partial charge in [-0.25, -0.2) is 0 Å². The van der Waals surface area contributed by atoms with Crippen LogP contribution in [-0.2, 0) is 13.0 Å². The number of aromatic amines is 1. The number of carbonyl (C=O) groups is 1. The summed E-state index contributed by atoms with van der Waals surface area (Å²) in [4.78, 5) is 16.2. The summed E-state index contributed by atoms with van der Waals surface area (Å²) in [7, 11) is 0. The van der Waals surface area contributed by atoms with Gasteiger partial charge in [-0.05, 0) is 31.4 Å². The number of aliphatic hydroxyl groups is 1. The first-order valence-electron chi connectivity index (χ1n) is 6.50. The van der Waals surface area contributed by atoms with Crippen molar-refractivity contribution in [1.82, 2.24) is 25.7 Å². The van der Waals surface area contributed by atoms with E-state index in [4.69, 9.17) is 5.11 Å². The minimum absolute atomic E-state index is 0.142. The van der Waals surface area contributed by atoms with Gasteiger partial charge in [0.05, 0.1) is 17.9 Å². The first-order chi connectivity index (χ1) is 9.81. The number of hydrogen-bond donors (Lipinski definition) is 3. The van der Waals surface area contributed by atoms with E-state index < -0.39 is 0 Å². The molecule has 106 valence electrons. The van der Waals surface area contributed by atoms with Crippen LogP contribution in [-0.4, -0.2) is 38.0 Å². The van der Waals surface area contributed by atoms with Gasteiger partial charge in [0.25, 0.3) is 5.91 Å². The van der Waals surface area contributed by atoms with Gasteiger partial charge in [0.15, 0.2) is 5.69 Å². The summed E-state index contributed by atoms with van der Waals surface area (Å²) in [6, 6.07) is 5.53. The Kier molecular flexibility index (Phi) is 5.19. The Morgan fingerprint density at radius 3 is 3.00 bits per heavy atom. The monoisotopic (exact) mass is 275 g/mol. The predicted molar refractivity (Wildman–Crippen MR) is 71.8 cm³/mol. The zero-order chi connectivity index (χ0) is 14.2. The standard InChI is InChI=1S/C13H17N5O2/c19-8-4-2-6-11-12(17-18-16-11)13(20)15-9-10-5-1-3-7-14-10/h1,3,5,7,19H,2,4,6,8-9H2,(H,15,20)(H,16,17,18). The van der Waals surface area contributed by atoms with Crippen molar-refractivity contribution >= 4 is 5.91 Å². The highest BCUT2D eigenvalue weighted by molar-refractivity contribution is 5.93. The number of unbranched alkanes of at least 4 members (excludes halogenated alkanes) is 1. The third-order valence-corrected chi connectivity index (χ3v) is 2.83. The minimum atomic E-state index is -0.275. The summed E-state index contributed by atoms with van der Waals surface area (Å²) in [5.74, 6) is -0.275. The van der Waals surface area contributed by atoms with Crippen molar-refractivity contribution < 1.29 is 9.90 Å². The lowest BCUT2D eigenvalue weighted by Gasteiger charge is -2.04. The number of rotatable bonds is 7. The Bertz CT molecular complexity index is 541. The number of nitrogens with zero attached hydrogens (tertiary/aromatic N) is 3. The molecule has 2 rings (SSSR count). The Labute approximate surface area is 116 Å². The van der Waals surface area contributed by atoms with E-state index >= 15 is 0 Å². The summed E-state index contributed by atoms with van der Waals surface area (Å²) in [6.07, 6.45) is 3.78. The lowest BCUT2D eigenvalue weighted by molar-refractivity contribution is 0.0944. The van der Waals surface area contributed by atoms with Crippen molar-refractivity contribution in [2.45, 2.75) is 25.8 Å². The highest BCUT2D eigenvalue weighted by Crippen LogP contribution is 2.06. The second-order valence-electron chi connectivity index (χ2n) is 4.32. The van der Waals surface area contributed by atoms with Gasteiger partial charge in [-0.2, -0.15) is 0 Å². The van der Waals surface area contributed by atoms with Gasteiger partial charge in [0.1, 0.15) is 0 Å². The van der Waals surface area contributed by atoms with Gasteiger partial charge in [0.2, 0.25) is 0 Å². The second kappa shape index (κ2) is 7.34. The molecule has 0 unspecified atom stereocenters. The van der Waals surface area contributed by atoms with Crippen LogP contribution in [0.2, 0.25) is 0 Å².